The SMILES string of the molecule is C/C=C(/C)N/C(C)=N/c1ncc(Sc2ccc(C)cc2)cc1Oc1ccccc1.O=C[O-].[Na+]. The van der Waals surface area contributed by atoms with Gasteiger partial charge in [-0.1, -0.05) is 53.7 Å². The molecule has 1 N–H and O–H groups in total. The fraction of sp³-hybridized carbons (Fsp3) is 0.160. The summed E-state index contributed by atoms with van der Waals surface area (Å²) in [5.74, 6) is 2.66. The molecular weight excluding hydrogens is 445 g/mol. The number of rotatable bonds is 6. The largest absolute Gasteiger partial charge is 1.00 e. The fourth-order valence-electron chi connectivity index (χ4n) is 2.54. The summed E-state index contributed by atoms with van der Waals surface area (Å²) in [7, 11) is 0. The minimum Gasteiger partial charge on any atom is -0.554 e. The van der Waals surface area contributed by atoms with E-state index in [2.05, 4.69) is 46.5 Å². The maximum atomic E-state index is 8.25. The second-order valence-corrected chi connectivity index (χ2v) is 7.86. The molecule has 0 unspecified atom stereocenters. The van der Waals surface area contributed by atoms with Gasteiger partial charge in [0.2, 0.25) is 0 Å². The van der Waals surface area contributed by atoms with Crippen molar-refractivity contribution in [3.8, 4) is 11.5 Å². The maximum absolute atomic E-state index is 8.25. The van der Waals surface area contributed by atoms with Crippen molar-refractivity contribution >= 4 is 29.9 Å². The van der Waals surface area contributed by atoms with Gasteiger partial charge in [-0.25, -0.2) is 9.98 Å². The third-order valence-corrected chi connectivity index (χ3v) is 5.09. The summed E-state index contributed by atoms with van der Waals surface area (Å²) in [6.45, 7) is 7.47. The molecule has 0 saturated heterocycles. The average molecular weight is 472 g/mol. The summed E-state index contributed by atoms with van der Waals surface area (Å²) < 4.78 is 6.11. The molecule has 0 radical (unpaired) electrons. The number of amidine groups is 1. The third-order valence-electron chi connectivity index (χ3n) is 4.12. The number of allylic oxidation sites excluding steroid dienone is 2. The number of para-hydroxylation sites is 1. The molecule has 0 fully saturated rings. The molecule has 0 saturated carbocycles. The van der Waals surface area contributed by atoms with Crippen LogP contribution in [-0.2, 0) is 4.79 Å². The standard InChI is InChI=1S/C24H25N3OS.CH2O2.Na/c1-5-18(3)26-19(4)27-24-23(28-20-9-7-6-8-10-20)15-22(16-25-24)29-21-13-11-17(2)12-14-21;2-1-3;/h5-16H,1-4H3,(H,25,26,27);1H,(H,2,3);/q;;+1/p-1/b18-5-;;. The van der Waals surface area contributed by atoms with Gasteiger partial charge in [0, 0.05) is 34.2 Å². The van der Waals surface area contributed by atoms with E-state index in [1.807, 2.05) is 69.4 Å². The molecule has 8 heteroatoms. The summed E-state index contributed by atoms with van der Waals surface area (Å²) in [6.07, 6.45) is 3.83. The number of pyridine rings is 1. The van der Waals surface area contributed by atoms with Crippen LogP contribution in [0.3, 0.4) is 0 Å². The topological polar surface area (TPSA) is 86.6 Å². The van der Waals surface area contributed by atoms with Crippen LogP contribution >= 0.6 is 11.8 Å². The van der Waals surface area contributed by atoms with E-state index in [0.717, 1.165) is 27.1 Å². The van der Waals surface area contributed by atoms with Gasteiger partial charge in [0.15, 0.2) is 11.6 Å². The maximum Gasteiger partial charge on any atom is 1.00 e. The van der Waals surface area contributed by atoms with Crippen LogP contribution in [0.2, 0.25) is 0 Å². The van der Waals surface area contributed by atoms with E-state index >= 15 is 0 Å². The van der Waals surface area contributed by atoms with Crippen molar-refractivity contribution in [1.82, 2.24) is 10.3 Å². The minimum atomic E-state index is -0.500. The molecule has 1 aromatic heterocycles. The molecule has 6 nitrogen and oxygen atoms in total. The first kappa shape index (κ1) is 28.5. The number of nitrogens with one attached hydrogen (secondary N) is 1. The van der Waals surface area contributed by atoms with Gasteiger partial charge in [0.25, 0.3) is 0 Å². The van der Waals surface area contributed by atoms with Crippen molar-refractivity contribution in [2.45, 2.75) is 37.5 Å². The number of benzene rings is 2. The first-order valence-electron chi connectivity index (χ1n) is 9.93. The van der Waals surface area contributed by atoms with Gasteiger partial charge in [-0.15, -0.1) is 0 Å². The number of hydrogen-bond acceptors (Lipinski definition) is 6. The van der Waals surface area contributed by atoms with Crippen LogP contribution in [0.5, 0.6) is 11.5 Å². The molecule has 0 spiro atoms. The molecule has 0 bridgehead atoms. The van der Waals surface area contributed by atoms with Crippen molar-refractivity contribution in [2.75, 3.05) is 0 Å². The van der Waals surface area contributed by atoms with Crippen LogP contribution in [0.25, 0.3) is 0 Å². The number of aromatic nitrogens is 1. The van der Waals surface area contributed by atoms with E-state index in [4.69, 9.17) is 14.6 Å². The number of hydrogen-bond donors (Lipinski definition) is 1. The van der Waals surface area contributed by atoms with E-state index in [-0.39, 0.29) is 29.6 Å². The zero-order chi connectivity index (χ0) is 23.3. The smallest absolute Gasteiger partial charge is 0.554 e. The Hall–Kier alpha value is -2.58. The summed E-state index contributed by atoms with van der Waals surface area (Å²) in [6, 6.07) is 20.1. The zero-order valence-electron chi connectivity index (χ0n) is 19.5. The Balaban J connectivity index is 0.00000129. The van der Waals surface area contributed by atoms with Crippen molar-refractivity contribution in [3.05, 3.63) is 84.2 Å². The Morgan fingerprint density at radius 3 is 2.33 bits per heavy atom. The van der Waals surface area contributed by atoms with Gasteiger partial charge in [-0.05, 0) is 52.0 Å². The van der Waals surface area contributed by atoms with Gasteiger partial charge in [-0.3, -0.25) is 0 Å². The van der Waals surface area contributed by atoms with Gasteiger partial charge in [0.1, 0.15) is 11.6 Å². The van der Waals surface area contributed by atoms with Gasteiger partial charge < -0.3 is 20.0 Å². The third kappa shape index (κ3) is 10.3. The number of carbonyl (C=O) groups is 1. The Morgan fingerprint density at radius 1 is 1.09 bits per heavy atom. The number of aliphatic imine (C=N–C) groups is 1. The minimum absolute atomic E-state index is 0. The normalized spacial score (nSPS) is 10.9. The van der Waals surface area contributed by atoms with Crippen LogP contribution < -0.4 is 44.7 Å². The van der Waals surface area contributed by atoms with Crippen molar-refractivity contribution in [2.24, 2.45) is 4.99 Å². The monoisotopic (exact) mass is 471 g/mol. The van der Waals surface area contributed by atoms with Crippen LogP contribution in [0.4, 0.5) is 5.82 Å². The summed E-state index contributed by atoms with van der Waals surface area (Å²) >= 11 is 1.65. The number of ether oxygens (including phenoxy) is 1. The number of aryl methyl sites for hydroxylation is 1. The fourth-order valence-corrected chi connectivity index (χ4v) is 3.35. The Morgan fingerprint density at radius 2 is 1.73 bits per heavy atom. The van der Waals surface area contributed by atoms with Crippen LogP contribution in [-0.4, -0.2) is 17.3 Å². The second kappa shape index (κ2) is 15.3. The van der Waals surface area contributed by atoms with Crippen LogP contribution in [0.15, 0.2) is 93.4 Å². The van der Waals surface area contributed by atoms with Gasteiger partial charge in [0.05, 0.1) is 0 Å². The molecule has 3 aromatic rings. The molecule has 33 heavy (non-hydrogen) atoms. The summed E-state index contributed by atoms with van der Waals surface area (Å²) in [5.41, 5.74) is 2.27. The molecule has 0 aliphatic rings. The molecule has 0 aliphatic carbocycles. The number of nitrogens with zero attached hydrogens (tertiary/aromatic N) is 2. The van der Waals surface area contributed by atoms with Crippen LogP contribution in [0.1, 0.15) is 26.3 Å². The van der Waals surface area contributed by atoms with Crippen LogP contribution in [0, 0.1) is 6.92 Å². The molecule has 2 aromatic carbocycles. The predicted octanol–water partition coefficient (Wildman–Crippen LogP) is 2.27. The quantitative estimate of drug-likeness (QED) is 0.257. The molecule has 0 aliphatic heterocycles. The second-order valence-electron chi connectivity index (χ2n) is 6.71. The molecule has 3 rings (SSSR count). The van der Waals surface area contributed by atoms with E-state index < -0.39 is 6.47 Å². The molecule has 0 amide bonds. The molecule has 1 heterocycles. The molecule has 0 atom stereocenters. The average Bonchev–Trinajstić information content (AvgIpc) is 2.78. The number of carbonyl (C=O) groups excluding carboxylic acids is 1. The Bertz CT molecular complexity index is 1070. The van der Waals surface area contributed by atoms with E-state index in [9.17, 15) is 0 Å². The van der Waals surface area contributed by atoms with E-state index in [1.165, 1.54) is 5.56 Å². The predicted molar refractivity (Wildman–Crippen MR) is 127 cm³/mol. The summed E-state index contributed by atoms with van der Waals surface area (Å²) in [4.78, 5) is 19.6. The number of carboxylic acid groups (broad SMARTS) is 1. The molecular formula is C25H26N3NaO3S. The zero-order valence-corrected chi connectivity index (χ0v) is 22.3. The first-order valence-corrected chi connectivity index (χ1v) is 10.7. The summed E-state index contributed by atoms with van der Waals surface area (Å²) in [5, 5.41) is 11.5. The Kier molecular flexibility index (Phi) is 13.2. The van der Waals surface area contributed by atoms with Crippen molar-refractivity contribution < 1.29 is 44.2 Å². The van der Waals surface area contributed by atoms with Crippen molar-refractivity contribution in [3.63, 3.8) is 0 Å². The van der Waals surface area contributed by atoms with E-state index in [0.29, 0.717) is 11.6 Å². The molecule has 166 valence electrons. The van der Waals surface area contributed by atoms with E-state index in [1.54, 1.807) is 11.8 Å². The Labute approximate surface area is 221 Å². The first-order chi connectivity index (χ1) is 15.4. The van der Waals surface area contributed by atoms with Gasteiger partial charge >= 0.3 is 29.6 Å². The van der Waals surface area contributed by atoms with Crippen molar-refractivity contribution in [1.29, 1.82) is 0 Å². The van der Waals surface area contributed by atoms with Gasteiger partial charge in [-0.2, -0.15) is 0 Å².